The fraction of sp³-hybridized carbons (Fsp3) is 0.765. The Kier molecular flexibility index (Phi) is 5.93. The Labute approximate surface area is 144 Å². The number of aliphatic hydroxyl groups is 1. The standard InChI is InChI=1S/C17H29NO3S2/c1-13(19)11-18(14-7-9-23(20,21)10-8-14)12-15-5-6-16(22-15)17(2,3)4/h5-6,13-14,19H,7-12H2,1-4H3/t13-/m0/s1. The number of thiophene rings is 1. The van der Waals surface area contributed by atoms with Gasteiger partial charge < -0.3 is 5.11 Å². The number of hydrogen-bond acceptors (Lipinski definition) is 5. The van der Waals surface area contributed by atoms with Crippen LogP contribution in [-0.2, 0) is 21.8 Å². The highest BCUT2D eigenvalue weighted by Gasteiger charge is 2.29. The average molecular weight is 360 g/mol. The second kappa shape index (κ2) is 7.21. The molecule has 0 amide bonds. The molecular weight excluding hydrogens is 330 g/mol. The van der Waals surface area contributed by atoms with E-state index in [0.717, 1.165) is 6.54 Å². The lowest BCUT2D eigenvalue weighted by atomic mass is 9.95. The van der Waals surface area contributed by atoms with E-state index in [1.165, 1.54) is 9.75 Å². The van der Waals surface area contributed by atoms with Crippen molar-refractivity contribution in [2.45, 2.75) is 64.6 Å². The van der Waals surface area contributed by atoms with Crippen LogP contribution < -0.4 is 0 Å². The second-order valence-electron chi connectivity index (χ2n) is 7.68. The van der Waals surface area contributed by atoms with E-state index >= 15 is 0 Å². The van der Waals surface area contributed by atoms with Gasteiger partial charge in [0.25, 0.3) is 0 Å². The Balaban J connectivity index is 2.08. The molecule has 1 aromatic heterocycles. The SMILES string of the molecule is C[C@H](O)CN(Cc1ccc(C(C)(C)C)s1)C1CCS(=O)(=O)CC1. The van der Waals surface area contributed by atoms with Crippen molar-refractivity contribution in [3.05, 3.63) is 21.9 Å². The summed E-state index contributed by atoms with van der Waals surface area (Å²) in [4.78, 5) is 4.90. The number of aliphatic hydroxyl groups excluding tert-OH is 1. The fourth-order valence-corrected chi connectivity index (χ4v) is 5.55. The first-order chi connectivity index (χ1) is 10.6. The Hall–Kier alpha value is -0.430. The molecule has 4 nitrogen and oxygen atoms in total. The zero-order valence-electron chi connectivity index (χ0n) is 14.6. The molecule has 0 spiro atoms. The van der Waals surface area contributed by atoms with Gasteiger partial charge in [-0.1, -0.05) is 20.8 Å². The normalized spacial score (nSPS) is 20.8. The predicted molar refractivity (Wildman–Crippen MR) is 96.8 cm³/mol. The van der Waals surface area contributed by atoms with Crippen molar-refractivity contribution >= 4 is 21.2 Å². The highest BCUT2D eigenvalue weighted by Crippen LogP contribution is 2.31. The molecule has 1 aliphatic heterocycles. The summed E-state index contributed by atoms with van der Waals surface area (Å²) in [5.74, 6) is 0.539. The van der Waals surface area contributed by atoms with Gasteiger partial charge in [-0.25, -0.2) is 8.42 Å². The second-order valence-corrected chi connectivity index (χ2v) is 11.1. The van der Waals surface area contributed by atoms with E-state index in [4.69, 9.17) is 0 Å². The summed E-state index contributed by atoms with van der Waals surface area (Å²) in [6.45, 7) is 9.80. The monoisotopic (exact) mass is 359 g/mol. The van der Waals surface area contributed by atoms with Gasteiger partial charge in [-0.2, -0.15) is 0 Å². The molecule has 1 aromatic rings. The molecular formula is C17H29NO3S2. The zero-order chi connectivity index (χ0) is 17.3. The van der Waals surface area contributed by atoms with Crippen LogP contribution in [0.25, 0.3) is 0 Å². The molecule has 0 radical (unpaired) electrons. The van der Waals surface area contributed by atoms with Gasteiger partial charge in [-0.05, 0) is 37.3 Å². The minimum Gasteiger partial charge on any atom is -0.392 e. The van der Waals surface area contributed by atoms with E-state index in [-0.39, 0.29) is 23.0 Å². The number of rotatable bonds is 5. The van der Waals surface area contributed by atoms with E-state index < -0.39 is 15.9 Å². The third kappa shape index (κ3) is 5.55. The van der Waals surface area contributed by atoms with E-state index in [9.17, 15) is 13.5 Å². The third-order valence-corrected chi connectivity index (χ3v) is 7.51. The van der Waals surface area contributed by atoms with Crippen molar-refractivity contribution in [3.63, 3.8) is 0 Å². The van der Waals surface area contributed by atoms with Gasteiger partial charge in [-0.3, -0.25) is 4.90 Å². The minimum atomic E-state index is -2.85. The van der Waals surface area contributed by atoms with Crippen LogP contribution in [0.5, 0.6) is 0 Å². The van der Waals surface area contributed by atoms with Crippen molar-refractivity contribution in [3.8, 4) is 0 Å². The van der Waals surface area contributed by atoms with Crippen molar-refractivity contribution in [1.82, 2.24) is 4.90 Å². The summed E-state index contributed by atoms with van der Waals surface area (Å²) >= 11 is 1.82. The molecule has 2 rings (SSSR count). The highest BCUT2D eigenvalue weighted by molar-refractivity contribution is 7.91. The first-order valence-electron chi connectivity index (χ1n) is 8.28. The van der Waals surface area contributed by atoms with Crippen LogP contribution >= 0.6 is 11.3 Å². The minimum absolute atomic E-state index is 0.150. The van der Waals surface area contributed by atoms with Gasteiger partial charge in [-0.15, -0.1) is 11.3 Å². The maximum atomic E-state index is 11.6. The van der Waals surface area contributed by atoms with E-state index in [1.807, 2.05) is 11.3 Å². The van der Waals surface area contributed by atoms with Gasteiger partial charge in [0, 0.05) is 28.9 Å². The number of hydrogen-bond donors (Lipinski definition) is 1. The van der Waals surface area contributed by atoms with Crippen LogP contribution in [0.4, 0.5) is 0 Å². The Morgan fingerprint density at radius 1 is 1.30 bits per heavy atom. The molecule has 0 unspecified atom stereocenters. The van der Waals surface area contributed by atoms with Gasteiger partial charge in [0.05, 0.1) is 17.6 Å². The van der Waals surface area contributed by atoms with Gasteiger partial charge in [0.1, 0.15) is 9.84 Å². The van der Waals surface area contributed by atoms with Gasteiger partial charge in [0.15, 0.2) is 0 Å². The van der Waals surface area contributed by atoms with Gasteiger partial charge in [0.2, 0.25) is 0 Å². The summed E-state index contributed by atoms with van der Waals surface area (Å²) in [5, 5.41) is 9.81. The smallest absolute Gasteiger partial charge is 0.150 e. The van der Waals surface area contributed by atoms with Crippen LogP contribution in [0.2, 0.25) is 0 Å². The third-order valence-electron chi connectivity index (χ3n) is 4.30. The molecule has 1 aliphatic rings. The molecule has 2 heterocycles. The lowest BCUT2D eigenvalue weighted by Crippen LogP contribution is -2.43. The molecule has 23 heavy (non-hydrogen) atoms. The highest BCUT2D eigenvalue weighted by atomic mass is 32.2. The molecule has 6 heteroatoms. The first-order valence-corrected chi connectivity index (χ1v) is 10.9. The molecule has 0 aliphatic carbocycles. The number of nitrogens with zero attached hydrogens (tertiary/aromatic N) is 1. The molecule has 1 atom stereocenters. The summed E-state index contributed by atoms with van der Waals surface area (Å²) in [7, 11) is -2.85. The fourth-order valence-electron chi connectivity index (χ4n) is 2.99. The van der Waals surface area contributed by atoms with Crippen molar-refractivity contribution < 1.29 is 13.5 Å². The molecule has 0 bridgehead atoms. The van der Waals surface area contributed by atoms with Crippen LogP contribution in [0.3, 0.4) is 0 Å². The number of sulfone groups is 1. The maximum Gasteiger partial charge on any atom is 0.150 e. The summed E-state index contributed by atoms with van der Waals surface area (Å²) in [6.07, 6.45) is 0.939. The molecule has 0 saturated carbocycles. The Morgan fingerprint density at radius 2 is 1.91 bits per heavy atom. The maximum absolute atomic E-state index is 11.6. The van der Waals surface area contributed by atoms with E-state index in [1.54, 1.807) is 6.92 Å². The van der Waals surface area contributed by atoms with Crippen molar-refractivity contribution in [2.75, 3.05) is 18.1 Å². The van der Waals surface area contributed by atoms with Crippen LogP contribution in [-0.4, -0.2) is 48.6 Å². The topological polar surface area (TPSA) is 57.6 Å². The van der Waals surface area contributed by atoms with E-state index in [0.29, 0.717) is 19.4 Å². The van der Waals surface area contributed by atoms with E-state index in [2.05, 4.69) is 37.8 Å². The van der Waals surface area contributed by atoms with Crippen molar-refractivity contribution in [2.24, 2.45) is 0 Å². The average Bonchev–Trinajstić information content (AvgIpc) is 2.86. The van der Waals surface area contributed by atoms with Crippen molar-refractivity contribution in [1.29, 1.82) is 0 Å². The largest absolute Gasteiger partial charge is 0.392 e. The zero-order valence-corrected chi connectivity index (χ0v) is 16.2. The summed E-state index contributed by atoms with van der Waals surface area (Å²) in [5.41, 5.74) is 0.150. The predicted octanol–water partition coefficient (Wildman–Crippen LogP) is 2.81. The Morgan fingerprint density at radius 3 is 2.39 bits per heavy atom. The van der Waals surface area contributed by atoms with Crippen LogP contribution in [0, 0.1) is 0 Å². The summed E-state index contributed by atoms with van der Waals surface area (Å²) < 4.78 is 23.3. The molecule has 132 valence electrons. The Bertz CT molecular complexity index is 600. The lowest BCUT2D eigenvalue weighted by molar-refractivity contribution is 0.0887. The lowest BCUT2D eigenvalue weighted by Gasteiger charge is -2.34. The van der Waals surface area contributed by atoms with Gasteiger partial charge >= 0.3 is 0 Å². The quantitative estimate of drug-likeness (QED) is 0.878. The first kappa shape index (κ1) is 18.9. The molecule has 1 saturated heterocycles. The van der Waals surface area contributed by atoms with Crippen LogP contribution in [0.1, 0.15) is 50.3 Å². The van der Waals surface area contributed by atoms with Crippen LogP contribution in [0.15, 0.2) is 12.1 Å². The molecule has 0 aromatic carbocycles. The molecule has 1 fully saturated rings. The molecule has 1 N–H and O–H groups in total. The summed E-state index contributed by atoms with van der Waals surface area (Å²) in [6, 6.07) is 4.60.